The van der Waals surface area contributed by atoms with Crippen molar-refractivity contribution in [3.8, 4) is 16.9 Å². The second-order valence-corrected chi connectivity index (χ2v) is 9.36. The minimum Gasteiger partial charge on any atom is -0.350 e. The van der Waals surface area contributed by atoms with Gasteiger partial charge in [-0.25, -0.2) is 0 Å². The first kappa shape index (κ1) is 22.2. The summed E-state index contributed by atoms with van der Waals surface area (Å²) in [6.45, 7) is 2.08. The van der Waals surface area contributed by atoms with Crippen molar-refractivity contribution in [1.29, 1.82) is 0 Å². The summed E-state index contributed by atoms with van der Waals surface area (Å²) >= 11 is 0. The lowest BCUT2D eigenvalue weighted by Gasteiger charge is -2.18. The third-order valence-corrected chi connectivity index (χ3v) is 6.85. The van der Waals surface area contributed by atoms with Gasteiger partial charge in [-0.1, -0.05) is 60.7 Å². The molecule has 5 rings (SSSR count). The van der Waals surface area contributed by atoms with Gasteiger partial charge in [0.1, 0.15) is 0 Å². The first-order chi connectivity index (χ1) is 16.7. The summed E-state index contributed by atoms with van der Waals surface area (Å²) in [5, 5.41) is 3.16. The molecule has 1 aliphatic rings. The smallest absolute Gasteiger partial charge is 0.251 e. The van der Waals surface area contributed by atoms with E-state index in [-0.39, 0.29) is 11.9 Å². The summed E-state index contributed by atoms with van der Waals surface area (Å²) in [5.74, 6) is -0.00932. The molecule has 3 nitrogen and oxygen atoms in total. The molecule has 1 atom stereocenters. The van der Waals surface area contributed by atoms with Gasteiger partial charge in [-0.15, -0.1) is 0 Å². The summed E-state index contributed by atoms with van der Waals surface area (Å²) in [6, 6.07) is 31.6. The van der Waals surface area contributed by atoms with Crippen molar-refractivity contribution in [1.82, 2.24) is 9.88 Å². The number of hydrogen-bond donors (Lipinski definition) is 1. The average molecular weight is 449 g/mol. The molecular weight excluding hydrogens is 416 g/mol. The number of aryl methyl sites for hydroxylation is 2. The van der Waals surface area contributed by atoms with Gasteiger partial charge in [0.2, 0.25) is 0 Å². The van der Waals surface area contributed by atoms with Crippen molar-refractivity contribution in [2.75, 3.05) is 0 Å². The zero-order valence-corrected chi connectivity index (χ0v) is 19.8. The van der Waals surface area contributed by atoms with Crippen LogP contribution in [0.3, 0.4) is 0 Å². The van der Waals surface area contributed by atoms with Crippen LogP contribution in [0.25, 0.3) is 16.9 Å². The molecule has 0 bridgehead atoms. The maximum Gasteiger partial charge on any atom is 0.251 e. The Kier molecular flexibility index (Phi) is 6.62. The van der Waals surface area contributed by atoms with Crippen molar-refractivity contribution in [3.05, 3.63) is 113 Å². The van der Waals surface area contributed by atoms with Crippen LogP contribution in [0.1, 0.15) is 53.4 Å². The third kappa shape index (κ3) is 4.84. The summed E-state index contributed by atoms with van der Waals surface area (Å²) in [5.41, 5.74) is 8.46. The molecule has 0 saturated heterocycles. The highest BCUT2D eigenvalue weighted by molar-refractivity contribution is 5.94. The number of aromatic nitrogens is 1. The highest BCUT2D eigenvalue weighted by Gasteiger charge is 2.20. The highest BCUT2D eigenvalue weighted by atomic mass is 16.1. The first-order valence-corrected chi connectivity index (χ1v) is 12.4. The van der Waals surface area contributed by atoms with Gasteiger partial charge < -0.3 is 9.88 Å². The molecule has 0 aliphatic heterocycles. The number of rotatable bonds is 7. The van der Waals surface area contributed by atoms with Crippen molar-refractivity contribution in [2.24, 2.45) is 0 Å². The molecule has 0 unspecified atom stereocenters. The van der Waals surface area contributed by atoms with Crippen LogP contribution in [0.2, 0.25) is 0 Å². The molecule has 1 amide bonds. The minimum atomic E-state index is -0.00932. The Morgan fingerprint density at radius 1 is 0.882 bits per heavy atom. The number of carbonyl (C=O) groups is 1. The number of nitrogens with zero attached hydrogens (tertiary/aromatic N) is 1. The monoisotopic (exact) mass is 448 g/mol. The molecular formula is C31H32N2O. The predicted octanol–water partition coefficient (Wildman–Crippen LogP) is 6.77. The lowest BCUT2D eigenvalue weighted by molar-refractivity contribution is 0.0938. The normalized spacial score (nSPS) is 13.8. The van der Waals surface area contributed by atoms with Gasteiger partial charge in [0.15, 0.2) is 0 Å². The van der Waals surface area contributed by atoms with Crippen LogP contribution in [0.5, 0.6) is 0 Å². The molecule has 0 spiro atoms. The molecule has 0 saturated carbocycles. The number of nitrogens with one attached hydrogen (secondary N) is 1. The molecule has 0 fully saturated rings. The summed E-state index contributed by atoms with van der Waals surface area (Å²) in [4.78, 5) is 12.9. The fraction of sp³-hybridized carbons (Fsp3) is 0.258. The van der Waals surface area contributed by atoms with Gasteiger partial charge in [-0.2, -0.15) is 0 Å². The molecule has 1 aromatic heterocycles. The number of fused-ring (bicyclic) bond motifs is 1. The fourth-order valence-corrected chi connectivity index (χ4v) is 4.98. The second kappa shape index (κ2) is 10.1. The maximum atomic E-state index is 12.9. The van der Waals surface area contributed by atoms with E-state index in [0.29, 0.717) is 5.56 Å². The van der Waals surface area contributed by atoms with Crippen LogP contribution in [0.4, 0.5) is 0 Å². The van der Waals surface area contributed by atoms with Crippen LogP contribution < -0.4 is 5.32 Å². The number of carbonyl (C=O) groups excluding carboxylic acids is 1. The molecule has 1 N–H and O–H groups in total. The first-order valence-electron chi connectivity index (χ1n) is 12.4. The Labute approximate surface area is 202 Å². The van der Waals surface area contributed by atoms with Crippen LogP contribution in [-0.4, -0.2) is 16.5 Å². The van der Waals surface area contributed by atoms with Crippen LogP contribution in [0.15, 0.2) is 91.0 Å². The van der Waals surface area contributed by atoms with Crippen molar-refractivity contribution >= 4 is 5.91 Å². The fourth-order valence-electron chi connectivity index (χ4n) is 4.98. The number of hydrogen-bond acceptors (Lipinski definition) is 1. The molecule has 1 heterocycles. The molecule has 1 aliphatic carbocycles. The number of amides is 1. The van der Waals surface area contributed by atoms with Gasteiger partial charge in [0.25, 0.3) is 5.91 Å². The van der Waals surface area contributed by atoms with Gasteiger partial charge in [0, 0.05) is 23.0 Å². The maximum absolute atomic E-state index is 12.9. The standard InChI is InChI=1S/C31H32N2O/c1-23(16-17-24-10-4-2-5-11-24)32-31(34)26-18-20-28(21-19-26)33-29-15-9-8-14-27(29)22-30(33)25-12-6-3-7-13-25/h2-7,10-13,18-23H,8-9,14-17H2,1H3,(H,32,34)/t23-/m1/s1. The minimum absolute atomic E-state index is 0.00932. The van der Waals surface area contributed by atoms with Crippen LogP contribution >= 0.6 is 0 Å². The predicted molar refractivity (Wildman–Crippen MR) is 140 cm³/mol. The van der Waals surface area contributed by atoms with E-state index in [1.165, 1.54) is 40.9 Å². The van der Waals surface area contributed by atoms with E-state index in [4.69, 9.17) is 0 Å². The largest absolute Gasteiger partial charge is 0.350 e. The Balaban J connectivity index is 1.33. The second-order valence-electron chi connectivity index (χ2n) is 9.36. The van der Waals surface area contributed by atoms with Gasteiger partial charge in [-0.3, -0.25) is 4.79 Å². The van der Waals surface area contributed by atoms with Gasteiger partial charge >= 0.3 is 0 Å². The SMILES string of the molecule is C[C@H](CCc1ccccc1)NC(=O)c1ccc(-n2c(-c3ccccc3)cc3c2CCCC3)cc1. The Morgan fingerprint density at radius 2 is 1.56 bits per heavy atom. The van der Waals surface area contributed by atoms with E-state index in [0.717, 1.165) is 31.4 Å². The van der Waals surface area contributed by atoms with Gasteiger partial charge in [-0.05, 0) is 92.5 Å². The number of benzene rings is 3. The summed E-state index contributed by atoms with van der Waals surface area (Å²) in [7, 11) is 0. The van der Waals surface area contributed by atoms with Crippen molar-refractivity contribution in [2.45, 2.75) is 51.5 Å². The summed E-state index contributed by atoms with van der Waals surface area (Å²) in [6.07, 6.45) is 6.61. The molecule has 4 aromatic rings. The van der Waals surface area contributed by atoms with E-state index in [1.807, 2.05) is 18.2 Å². The lowest BCUT2D eigenvalue weighted by Crippen LogP contribution is -2.32. The van der Waals surface area contributed by atoms with Gasteiger partial charge in [0.05, 0.1) is 5.69 Å². The third-order valence-electron chi connectivity index (χ3n) is 6.85. The Morgan fingerprint density at radius 3 is 2.29 bits per heavy atom. The molecule has 3 aromatic carbocycles. The molecule has 172 valence electrons. The highest BCUT2D eigenvalue weighted by Crippen LogP contribution is 2.33. The Bertz CT molecular complexity index is 1240. The van der Waals surface area contributed by atoms with E-state index in [1.54, 1.807) is 0 Å². The van der Waals surface area contributed by atoms with E-state index < -0.39 is 0 Å². The van der Waals surface area contributed by atoms with Crippen molar-refractivity contribution < 1.29 is 4.79 Å². The zero-order chi connectivity index (χ0) is 23.3. The van der Waals surface area contributed by atoms with E-state index >= 15 is 0 Å². The van der Waals surface area contributed by atoms with Crippen LogP contribution in [-0.2, 0) is 19.3 Å². The lowest BCUT2D eigenvalue weighted by atomic mass is 9.98. The molecule has 0 radical (unpaired) electrons. The average Bonchev–Trinajstić information content (AvgIpc) is 3.28. The quantitative estimate of drug-likeness (QED) is 0.332. The zero-order valence-electron chi connectivity index (χ0n) is 19.8. The topological polar surface area (TPSA) is 34.0 Å². The molecule has 3 heteroatoms. The summed E-state index contributed by atoms with van der Waals surface area (Å²) < 4.78 is 2.40. The Hall–Kier alpha value is -3.59. The van der Waals surface area contributed by atoms with E-state index in [2.05, 4.69) is 89.6 Å². The molecule has 34 heavy (non-hydrogen) atoms. The van der Waals surface area contributed by atoms with Crippen LogP contribution in [0, 0.1) is 0 Å². The van der Waals surface area contributed by atoms with Crippen molar-refractivity contribution in [3.63, 3.8) is 0 Å². The van der Waals surface area contributed by atoms with E-state index in [9.17, 15) is 4.79 Å².